The second-order valence-corrected chi connectivity index (χ2v) is 9.19. The number of ether oxygens (including phenoxy) is 1. The first kappa shape index (κ1) is 20.0. The molecule has 0 radical (unpaired) electrons. The summed E-state index contributed by atoms with van der Waals surface area (Å²) in [5, 5.41) is 4.13. The lowest BCUT2D eigenvalue weighted by molar-refractivity contribution is 0.0501. The quantitative estimate of drug-likeness (QED) is 0.594. The van der Waals surface area contributed by atoms with Crippen molar-refractivity contribution >= 4 is 17.0 Å². The zero-order valence-electron chi connectivity index (χ0n) is 17.5. The Kier molecular flexibility index (Phi) is 5.24. The number of nitrogens with zero attached hydrogens (tertiary/aromatic N) is 1. The molecule has 150 valence electrons. The van der Waals surface area contributed by atoms with Gasteiger partial charge < -0.3 is 20.0 Å². The van der Waals surface area contributed by atoms with Crippen LogP contribution in [0, 0.1) is 0 Å². The Hall–Kier alpha value is -2.76. The summed E-state index contributed by atoms with van der Waals surface area (Å²) >= 11 is 0. The first-order valence-electron chi connectivity index (χ1n) is 9.63. The van der Waals surface area contributed by atoms with Crippen LogP contribution in [-0.2, 0) is 16.6 Å². The molecule has 1 atom stereocenters. The van der Waals surface area contributed by atoms with Gasteiger partial charge in [0.1, 0.15) is 11.4 Å². The first-order valence-corrected chi connectivity index (χ1v) is 9.63. The van der Waals surface area contributed by atoms with E-state index in [1.54, 1.807) is 0 Å². The minimum Gasteiger partial charge on any atom is -0.444 e. The van der Waals surface area contributed by atoms with Gasteiger partial charge in [-0.3, -0.25) is 0 Å². The normalized spacial score (nSPS) is 13.5. The van der Waals surface area contributed by atoms with E-state index in [1.807, 2.05) is 51.4 Å². The molecule has 0 fully saturated rings. The summed E-state index contributed by atoms with van der Waals surface area (Å²) in [6.07, 6.45) is 3.97. The van der Waals surface area contributed by atoms with Crippen LogP contribution in [0.15, 0.2) is 36.7 Å². The van der Waals surface area contributed by atoms with Gasteiger partial charge in [0.15, 0.2) is 0 Å². The summed E-state index contributed by atoms with van der Waals surface area (Å²) in [4.78, 5) is 23.7. The van der Waals surface area contributed by atoms with E-state index >= 15 is 0 Å². The molecule has 0 saturated carbocycles. The highest BCUT2D eigenvalue weighted by atomic mass is 16.6. The number of benzene rings is 1. The van der Waals surface area contributed by atoms with E-state index in [0.29, 0.717) is 6.42 Å². The highest BCUT2D eigenvalue weighted by Gasteiger charge is 2.25. The molecule has 2 aromatic heterocycles. The molecule has 0 aliphatic rings. The summed E-state index contributed by atoms with van der Waals surface area (Å²) in [6, 6.07) is 7.81. The Morgan fingerprint density at radius 3 is 2.54 bits per heavy atom. The van der Waals surface area contributed by atoms with Crippen LogP contribution in [0.3, 0.4) is 0 Å². The lowest BCUT2D eigenvalue weighted by Gasteiger charge is -2.23. The number of aromatic amines is 2. The van der Waals surface area contributed by atoms with E-state index in [4.69, 9.17) is 4.74 Å². The van der Waals surface area contributed by atoms with Crippen molar-refractivity contribution < 1.29 is 9.53 Å². The van der Waals surface area contributed by atoms with Crippen molar-refractivity contribution in [1.82, 2.24) is 20.3 Å². The van der Waals surface area contributed by atoms with E-state index in [-0.39, 0.29) is 11.5 Å². The van der Waals surface area contributed by atoms with Gasteiger partial charge in [-0.05, 0) is 32.4 Å². The second-order valence-electron chi connectivity index (χ2n) is 9.19. The van der Waals surface area contributed by atoms with Gasteiger partial charge in [-0.25, -0.2) is 9.78 Å². The maximum absolute atomic E-state index is 12.5. The standard InChI is InChI=1S/C22H30N4O2/c1-21(2,3)18-13-24-19(26-18)17(25-20(27)28-22(4,5)6)11-14-12-23-16-10-8-7-9-15(14)16/h7-10,12-13,17,23H,11H2,1-6H3,(H,24,26)(H,25,27)/t17-/m1/s1. The van der Waals surface area contributed by atoms with Gasteiger partial charge >= 0.3 is 6.09 Å². The van der Waals surface area contributed by atoms with Gasteiger partial charge in [-0.1, -0.05) is 39.0 Å². The largest absolute Gasteiger partial charge is 0.444 e. The summed E-state index contributed by atoms with van der Waals surface area (Å²) in [6.45, 7) is 11.9. The molecule has 0 bridgehead atoms. The number of carbonyl (C=O) groups excluding carboxylic acids is 1. The van der Waals surface area contributed by atoms with Crippen LogP contribution in [0.5, 0.6) is 0 Å². The molecule has 0 aliphatic heterocycles. The topological polar surface area (TPSA) is 82.8 Å². The Morgan fingerprint density at radius 1 is 1.18 bits per heavy atom. The molecule has 6 heteroatoms. The minimum atomic E-state index is -0.560. The van der Waals surface area contributed by atoms with Gasteiger partial charge in [0.05, 0.1) is 6.04 Å². The number of hydrogen-bond donors (Lipinski definition) is 3. The van der Waals surface area contributed by atoms with Crippen LogP contribution >= 0.6 is 0 Å². The molecule has 6 nitrogen and oxygen atoms in total. The smallest absolute Gasteiger partial charge is 0.408 e. The number of amides is 1. The first-order chi connectivity index (χ1) is 13.0. The summed E-state index contributed by atoms with van der Waals surface area (Å²) < 4.78 is 5.47. The van der Waals surface area contributed by atoms with Crippen LogP contribution in [-0.4, -0.2) is 26.6 Å². The van der Waals surface area contributed by atoms with Crippen molar-refractivity contribution in [3.8, 4) is 0 Å². The summed E-state index contributed by atoms with van der Waals surface area (Å²) in [5.74, 6) is 0.723. The number of aromatic nitrogens is 3. The molecule has 3 N–H and O–H groups in total. The molecule has 3 rings (SSSR count). The average molecular weight is 383 g/mol. The van der Waals surface area contributed by atoms with E-state index in [9.17, 15) is 4.79 Å². The number of fused-ring (bicyclic) bond motifs is 1. The summed E-state index contributed by atoms with van der Waals surface area (Å²) in [5.41, 5.74) is 2.60. The fraction of sp³-hybridized carbons (Fsp3) is 0.455. The summed E-state index contributed by atoms with van der Waals surface area (Å²) in [7, 11) is 0. The fourth-order valence-corrected chi connectivity index (χ4v) is 3.08. The van der Waals surface area contributed by atoms with E-state index < -0.39 is 11.7 Å². The Morgan fingerprint density at radius 2 is 1.89 bits per heavy atom. The van der Waals surface area contributed by atoms with Crippen molar-refractivity contribution in [3.05, 3.63) is 53.7 Å². The third-order valence-corrected chi connectivity index (χ3v) is 4.52. The van der Waals surface area contributed by atoms with Crippen LogP contribution in [0.25, 0.3) is 10.9 Å². The number of para-hydroxylation sites is 1. The lowest BCUT2D eigenvalue weighted by atomic mass is 9.93. The molecular formula is C22H30N4O2. The SMILES string of the molecule is CC(C)(C)OC(=O)N[C@H](Cc1c[nH]c2ccccc12)c1ncc(C(C)(C)C)[nH]1. The molecule has 0 saturated heterocycles. The zero-order chi connectivity index (χ0) is 20.5. The van der Waals surface area contributed by atoms with Gasteiger partial charge in [-0.2, -0.15) is 0 Å². The number of hydrogen-bond acceptors (Lipinski definition) is 3. The van der Waals surface area contributed by atoms with Gasteiger partial charge in [0, 0.05) is 40.8 Å². The number of carbonyl (C=O) groups is 1. The number of nitrogens with one attached hydrogen (secondary N) is 3. The third-order valence-electron chi connectivity index (χ3n) is 4.52. The molecule has 0 aliphatic carbocycles. The van der Waals surface area contributed by atoms with Gasteiger partial charge in [0.25, 0.3) is 0 Å². The number of rotatable bonds is 4. The Labute approximate surface area is 166 Å². The highest BCUT2D eigenvalue weighted by Crippen LogP contribution is 2.26. The molecule has 28 heavy (non-hydrogen) atoms. The fourth-order valence-electron chi connectivity index (χ4n) is 3.08. The predicted molar refractivity (Wildman–Crippen MR) is 111 cm³/mol. The highest BCUT2D eigenvalue weighted by molar-refractivity contribution is 5.83. The van der Waals surface area contributed by atoms with Crippen molar-refractivity contribution in [2.45, 2.75) is 65.0 Å². The average Bonchev–Trinajstić information content (AvgIpc) is 3.19. The van der Waals surface area contributed by atoms with Crippen molar-refractivity contribution in [2.75, 3.05) is 0 Å². The molecule has 0 unspecified atom stereocenters. The molecule has 3 aromatic rings. The molecule has 1 amide bonds. The minimum absolute atomic E-state index is 0.0531. The Bertz CT molecular complexity index is 957. The Balaban J connectivity index is 1.90. The maximum atomic E-state index is 12.5. The van der Waals surface area contributed by atoms with E-state index in [1.165, 1.54) is 0 Å². The van der Waals surface area contributed by atoms with Crippen LogP contribution in [0.1, 0.15) is 64.7 Å². The number of alkyl carbamates (subject to hydrolysis) is 1. The van der Waals surface area contributed by atoms with E-state index in [0.717, 1.165) is 28.0 Å². The van der Waals surface area contributed by atoms with Gasteiger partial charge in [0.2, 0.25) is 0 Å². The van der Waals surface area contributed by atoms with Crippen molar-refractivity contribution in [2.24, 2.45) is 0 Å². The predicted octanol–water partition coefficient (Wildman–Crippen LogP) is 5.00. The number of imidazole rings is 1. The number of H-pyrrole nitrogens is 2. The zero-order valence-corrected chi connectivity index (χ0v) is 17.5. The molecule has 2 heterocycles. The second kappa shape index (κ2) is 7.34. The van der Waals surface area contributed by atoms with E-state index in [2.05, 4.69) is 47.1 Å². The monoisotopic (exact) mass is 382 g/mol. The maximum Gasteiger partial charge on any atom is 0.408 e. The van der Waals surface area contributed by atoms with Crippen LogP contribution in [0.4, 0.5) is 4.79 Å². The van der Waals surface area contributed by atoms with Gasteiger partial charge in [-0.15, -0.1) is 0 Å². The third kappa shape index (κ3) is 4.74. The molecule has 0 spiro atoms. The van der Waals surface area contributed by atoms with Crippen LogP contribution in [0.2, 0.25) is 0 Å². The van der Waals surface area contributed by atoms with Crippen LogP contribution < -0.4 is 5.32 Å². The molecule has 1 aromatic carbocycles. The lowest BCUT2D eigenvalue weighted by Crippen LogP contribution is -2.36. The van der Waals surface area contributed by atoms with Crippen molar-refractivity contribution in [3.63, 3.8) is 0 Å². The molecular weight excluding hydrogens is 352 g/mol. The van der Waals surface area contributed by atoms with Crippen molar-refractivity contribution in [1.29, 1.82) is 0 Å².